The second-order valence-electron chi connectivity index (χ2n) is 12.1. The number of rotatable bonds is 12. The van der Waals surface area contributed by atoms with Crippen molar-refractivity contribution in [2.75, 3.05) is 31.9 Å². The summed E-state index contributed by atoms with van der Waals surface area (Å²) in [7, 11) is 1.43. The second kappa shape index (κ2) is 13.2. The minimum atomic E-state index is -1.54. The van der Waals surface area contributed by atoms with E-state index in [1.165, 1.54) is 41.2 Å². The molecule has 1 aliphatic heterocycles. The predicted molar refractivity (Wildman–Crippen MR) is 174 cm³/mol. The van der Waals surface area contributed by atoms with Crippen molar-refractivity contribution in [2.45, 2.75) is 78.2 Å². The van der Waals surface area contributed by atoms with Crippen LogP contribution in [-0.2, 0) is 21.6 Å². The van der Waals surface area contributed by atoms with Crippen LogP contribution in [0.4, 0.5) is 9.39 Å². The van der Waals surface area contributed by atoms with Crippen molar-refractivity contribution in [1.29, 1.82) is 0 Å². The number of anilines is 1. The molecule has 1 aromatic carbocycles. The summed E-state index contributed by atoms with van der Waals surface area (Å²) >= 11 is 1.10. The van der Waals surface area contributed by atoms with E-state index in [9.17, 15) is 23.9 Å². The van der Waals surface area contributed by atoms with Gasteiger partial charge in [-0.2, -0.15) is 10.2 Å². The molecule has 0 bridgehead atoms. The maximum Gasteiger partial charge on any atom is 0.333 e. The molecule has 0 saturated carbocycles. The molecule has 45 heavy (non-hydrogen) atoms. The fourth-order valence-electron chi connectivity index (χ4n) is 5.51. The van der Waals surface area contributed by atoms with Crippen LogP contribution in [0.1, 0.15) is 64.7 Å². The van der Waals surface area contributed by atoms with Crippen LogP contribution in [-0.4, -0.2) is 70.4 Å². The first kappa shape index (κ1) is 34.0. The van der Waals surface area contributed by atoms with Crippen molar-refractivity contribution in [3.05, 3.63) is 56.0 Å². The van der Waals surface area contributed by atoms with Gasteiger partial charge >= 0.3 is 5.69 Å². The summed E-state index contributed by atoms with van der Waals surface area (Å²) in [5, 5.41) is 20.6. The van der Waals surface area contributed by atoms with Crippen molar-refractivity contribution in [3.8, 4) is 5.75 Å². The molecule has 0 spiro atoms. The highest BCUT2D eigenvalue weighted by Gasteiger charge is 2.39. The Bertz CT molecular complexity index is 1730. The molecule has 1 atom stereocenters. The molecule has 3 heterocycles. The molecule has 0 aliphatic carbocycles. The summed E-state index contributed by atoms with van der Waals surface area (Å²) < 4.78 is 28.6. The van der Waals surface area contributed by atoms with Gasteiger partial charge in [-0.25, -0.2) is 13.8 Å². The maximum absolute atomic E-state index is 14.6. The highest BCUT2D eigenvalue weighted by Crippen LogP contribution is 2.38. The van der Waals surface area contributed by atoms with Gasteiger partial charge in [0.05, 0.1) is 31.2 Å². The number of thiophene rings is 1. The van der Waals surface area contributed by atoms with Crippen LogP contribution in [0.3, 0.4) is 0 Å². The molecule has 244 valence electrons. The number of benzene rings is 1. The Kier molecular flexibility index (Phi) is 10.00. The summed E-state index contributed by atoms with van der Waals surface area (Å²) in [5.41, 5.74) is -3.40. The number of likely N-dealkylation sites (tertiary alicyclic amines) is 1. The zero-order valence-corrected chi connectivity index (χ0v) is 27.6. The molecule has 1 fully saturated rings. The fourth-order valence-corrected chi connectivity index (χ4v) is 6.74. The van der Waals surface area contributed by atoms with Crippen molar-refractivity contribution in [1.82, 2.24) is 14.0 Å². The molecule has 1 aliphatic rings. The van der Waals surface area contributed by atoms with Crippen LogP contribution >= 0.6 is 11.3 Å². The van der Waals surface area contributed by atoms with Crippen LogP contribution in [0.15, 0.2) is 38.0 Å². The van der Waals surface area contributed by atoms with Crippen LogP contribution in [0.5, 0.6) is 5.75 Å². The number of halogens is 1. The molecule has 14 heteroatoms. The lowest BCUT2D eigenvalue weighted by molar-refractivity contribution is -0.138. The molecule has 1 saturated heterocycles. The van der Waals surface area contributed by atoms with E-state index in [2.05, 4.69) is 16.9 Å². The molecule has 0 unspecified atom stereocenters. The number of aromatic nitrogens is 2. The van der Waals surface area contributed by atoms with Gasteiger partial charge < -0.3 is 19.5 Å². The number of fused-ring (bicyclic) bond motifs is 1. The fraction of sp³-hybridized carbons (Fsp3) is 0.516. The number of hydrogen-bond acceptors (Lipinski definition) is 10. The number of aliphatic hydroxyl groups is 1. The first-order chi connectivity index (χ1) is 21.2. The summed E-state index contributed by atoms with van der Waals surface area (Å²) in [4.78, 5) is 44.5. The minimum Gasteiger partial charge on any atom is -0.496 e. The summed E-state index contributed by atoms with van der Waals surface area (Å²) in [5.74, 6) is -0.590. The topological polar surface area (TPSA) is 131 Å². The van der Waals surface area contributed by atoms with E-state index in [0.29, 0.717) is 35.0 Å². The standard InChI is InChI=1S/C31H41FN6O6S/c1-9-34-38(33-7)26-19(2)24-25(39)37(31(5,6)28(40)35-14-10-11-15-35)29(41)36(27(24)45-26)17-23(44-18-30(3,4)42)21-16-20(32)12-13-22(21)43-8/h9,12-13,16,23,42H,7,10-11,14-15,17-18H2,1-6,8H3/b34-9-/t23-/m0/s1. The van der Waals surface area contributed by atoms with Crippen LogP contribution < -0.4 is 21.1 Å². The number of methoxy groups -OCH3 is 1. The lowest BCUT2D eigenvalue weighted by atomic mass is 10.0. The maximum atomic E-state index is 14.6. The van der Waals surface area contributed by atoms with Gasteiger partial charge in [0.15, 0.2) is 0 Å². The number of hydrogen-bond donors (Lipinski definition) is 1. The Labute approximate surface area is 265 Å². The van der Waals surface area contributed by atoms with Gasteiger partial charge in [0.1, 0.15) is 33.0 Å². The van der Waals surface area contributed by atoms with Crippen LogP contribution in [0.25, 0.3) is 10.2 Å². The zero-order chi connectivity index (χ0) is 33.3. The number of aryl methyl sites for hydroxylation is 1. The van der Waals surface area contributed by atoms with Crippen molar-refractivity contribution >= 4 is 45.4 Å². The Morgan fingerprint density at radius 1 is 1.24 bits per heavy atom. The third kappa shape index (κ3) is 6.72. The normalized spacial score (nSPS) is 14.8. The molecule has 1 N–H and O–H groups in total. The van der Waals surface area contributed by atoms with Gasteiger partial charge in [-0.05, 0) is 72.6 Å². The number of amides is 1. The molecule has 3 aromatic rings. The Hall–Kier alpha value is -3.88. The van der Waals surface area contributed by atoms with Crippen molar-refractivity contribution in [2.24, 2.45) is 10.2 Å². The first-order valence-corrected chi connectivity index (χ1v) is 15.5. The molecule has 2 aromatic heterocycles. The Morgan fingerprint density at radius 2 is 1.91 bits per heavy atom. The lowest BCUT2D eigenvalue weighted by Crippen LogP contribution is -2.56. The highest BCUT2D eigenvalue weighted by molar-refractivity contribution is 7.22. The second-order valence-corrected chi connectivity index (χ2v) is 13.1. The molecule has 4 rings (SSSR count). The van der Waals surface area contributed by atoms with E-state index in [-0.39, 0.29) is 29.3 Å². The third-order valence-corrected chi connectivity index (χ3v) is 9.01. The predicted octanol–water partition coefficient (Wildman–Crippen LogP) is 3.99. The van der Waals surface area contributed by atoms with Crippen LogP contribution in [0, 0.1) is 12.7 Å². The number of ether oxygens (including phenoxy) is 2. The van der Waals surface area contributed by atoms with E-state index in [1.807, 2.05) is 0 Å². The van der Waals surface area contributed by atoms with Crippen LogP contribution in [0.2, 0.25) is 0 Å². The number of carbonyl (C=O) groups is 1. The van der Waals surface area contributed by atoms with E-state index in [1.54, 1.807) is 46.4 Å². The zero-order valence-electron chi connectivity index (χ0n) is 26.8. The van der Waals surface area contributed by atoms with Gasteiger partial charge in [0.25, 0.3) is 5.56 Å². The Morgan fingerprint density at radius 3 is 2.49 bits per heavy atom. The van der Waals surface area contributed by atoms with Crippen molar-refractivity contribution < 1.29 is 23.8 Å². The van der Waals surface area contributed by atoms with E-state index in [0.717, 1.165) is 28.7 Å². The monoisotopic (exact) mass is 644 g/mol. The van der Waals surface area contributed by atoms with Gasteiger partial charge in [-0.15, -0.1) is 5.12 Å². The lowest BCUT2D eigenvalue weighted by Gasteiger charge is -2.31. The molecule has 1 amide bonds. The number of nitrogens with zero attached hydrogens (tertiary/aromatic N) is 6. The minimum absolute atomic E-state index is 0.165. The molecule has 0 radical (unpaired) electrons. The van der Waals surface area contributed by atoms with Gasteiger partial charge in [-0.3, -0.25) is 14.2 Å². The smallest absolute Gasteiger partial charge is 0.333 e. The average molecular weight is 645 g/mol. The first-order valence-electron chi connectivity index (χ1n) is 14.7. The number of hydrazone groups is 2. The van der Waals surface area contributed by atoms with E-state index in [4.69, 9.17) is 9.47 Å². The molecular weight excluding hydrogens is 603 g/mol. The molecular formula is C31H41FN6O6S. The van der Waals surface area contributed by atoms with Gasteiger partial charge in [0, 0.05) is 37.1 Å². The number of carbonyl (C=O) groups excluding carboxylic acids is 1. The van der Waals surface area contributed by atoms with Gasteiger partial charge in [-0.1, -0.05) is 11.3 Å². The average Bonchev–Trinajstić information content (AvgIpc) is 3.63. The Balaban J connectivity index is 2.04. The van der Waals surface area contributed by atoms with E-state index >= 15 is 0 Å². The largest absolute Gasteiger partial charge is 0.496 e. The SMILES string of the molecule is C=NN(/N=C\C)c1sc2c(c1C)c(=O)n(C(C)(C)C(=O)N1CCCC1)c(=O)n2C[C@H](OCC(C)(C)O)c1cc(F)ccc1OC. The van der Waals surface area contributed by atoms with Crippen molar-refractivity contribution in [3.63, 3.8) is 0 Å². The van der Waals surface area contributed by atoms with E-state index < -0.39 is 34.3 Å². The van der Waals surface area contributed by atoms with Gasteiger partial charge in [0.2, 0.25) is 5.91 Å². The summed E-state index contributed by atoms with van der Waals surface area (Å²) in [6.07, 6.45) is 2.17. The highest BCUT2D eigenvalue weighted by atomic mass is 32.1. The summed E-state index contributed by atoms with van der Waals surface area (Å²) in [6, 6.07) is 3.94. The third-order valence-electron chi connectivity index (χ3n) is 7.73. The summed E-state index contributed by atoms with van der Waals surface area (Å²) in [6.45, 7) is 13.9. The molecule has 12 nitrogen and oxygen atoms in total. The quantitative estimate of drug-likeness (QED) is 0.233.